The Kier molecular flexibility index (Phi) is 7.67. The number of nitrogen functional groups attached to an aromatic ring is 1. The van der Waals surface area contributed by atoms with E-state index in [2.05, 4.69) is 9.69 Å². The quantitative estimate of drug-likeness (QED) is 0.419. The number of benzene rings is 1. The smallest absolute Gasteiger partial charge is 0.273 e. The molecule has 1 aliphatic rings. The fourth-order valence-corrected chi connectivity index (χ4v) is 5.79. The molecule has 0 saturated heterocycles. The zero-order chi connectivity index (χ0) is 24.9. The molecule has 35 heavy (non-hydrogen) atoms. The van der Waals surface area contributed by atoms with Gasteiger partial charge in [-0.25, -0.2) is 0 Å². The molecule has 1 saturated carbocycles. The van der Waals surface area contributed by atoms with Gasteiger partial charge in [0.15, 0.2) is 11.7 Å². The van der Waals surface area contributed by atoms with Gasteiger partial charge < -0.3 is 21.5 Å². The number of nitrogens with one attached hydrogen (secondary N) is 1. The second-order valence-corrected chi connectivity index (χ2v) is 10.0. The summed E-state index contributed by atoms with van der Waals surface area (Å²) in [5.41, 5.74) is 11.6. The first kappa shape index (κ1) is 24.7. The predicted octanol–water partition coefficient (Wildman–Crippen LogP) is 3.73. The number of thiophene rings is 1. The van der Waals surface area contributed by atoms with Crippen molar-refractivity contribution in [3.05, 3.63) is 57.2 Å². The Balaban J connectivity index is 1.81. The summed E-state index contributed by atoms with van der Waals surface area (Å²) < 4.78 is 9.35. The highest BCUT2D eigenvalue weighted by atomic mass is 32.1. The Bertz CT molecular complexity index is 1200. The molecule has 0 radical (unpaired) electrons. The topological polar surface area (TPSA) is 141 Å². The Labute approximate surface area is 211 Å². The summed E-state index contributed by atoms with van der Waals surface area (Å²) in [6.07, 6.45) is 5.07. The standard InChI is InChI=1S/C24H27N5O4S2/c1-33-16-10-5-9-15(13-16)29(24(32)21-18(25)19(22(26)30)28-35-21)20(17-11-6-12-34-17)23(31)27-14-7-3-2-4-8-14/h5-6,9-14,20H,2-4,7-8,25H2,1H3,(H2,26,30)(H,27,31)/t20-/m1/s1. The van der Waals surface area contributed by atoms with E-state index >= 15 is 0 Å². The second kappa shape index (κ2) is 10.9. The highest BCUT2D eigenvalue weighted by Crippen LogP contribution is 2.36. The highest BCUT2D eigenvalue weighted by molar-refractivity contribution is 7.10. The molecular weight excluding hydrogens is 486 g/mol. The van der Waals surface area contributed by atoms with Gasteiger partial charge in [-0.3, -0.25) is 19.3 Å². The molecule has 4 rings (SSSR count). The van der Waals surface area contributed by atoms with Gasteiger partial charge in [0.05, 0.1) is 12.8 Å². The van der Waals surface area contributed by atoms with Gasteiger partial charge in [0.2, 0.25) is 5.91 Å². The van der Waals surface area contributed by atoms with Crippen molar-refractivity contribution in [1.29, 1.82) is 0 Å². The number of nitrogens with zero attached hydrogens (tertiary/aromatic N) is 2. The average Bonchev–Trinajstić information content (AvgIpc) is 3.52. The predicted molar refractivity (Wildman–Crippen MR) is 137 cm³/mol. The lowest BCUT2D eigenvalue weighted by Crippen LogP contribution is -2.47. The number of carbonyl (C=O) groups excluding carboxylic acids is 3. The molecule has 1 atom stereocenters. The van der Waals surface area contributed by atoms with Crippen LogP contribution in [-0.2, 0) is 4.79 Å². The highest BCUT2D eigenvalue weighted by Gasteiger charge is 2.37. The number of nitrogens with two attached hydrogens (primary N) is 2. The number of amides is 3. The van der Waals surface area contributed by atoms with Crippen LogP contribution in [-0.4, -0.2) is 35.2 Å². The van der Waals surface area contributed by atoms with Gasteiger partial charge in [-0.1, -0.05) is 31.4 Å². The minimum atomic E-state index is -0.963. The summed E-state index contributed by atoms with van der Waals surface area (Å²) in [5.74, 6) is -1.14. The van der Waals surface area contributed by atoms with Crippen LogP contribution < -0.4 is 26.4 Å². The summed E-state index contributed by atoms with van der Waals surface area (Å²) in [4.78, 5) is 41.6. The molecule has 2 heterocycles. The fraction of sp³-hybridized carbons (Fsp3) is 0.333. The van der Waals surface area contributed by atoms with E-state index in [9.17, 15) is 14.4 Å². The summed E-state index contributed by atoms with van der Waals surface area (Å²) in [5, 5.41) is 5.01. The molecule has 1 fully saturated rings. The Morgan fingerprint density at radius 1 is 1.17 bits per heavy atom. The van der Waals surface area contributed by atoms with Crippen molar-refractivity contribution in [2.75, 3.05) is 17.7 Å². The van der Waals surface area contributed by atoms with E-state index in [-0.39, 0.29) is 28.2 Å². The largest absolute Gasteiger partial charge is 0.497 e. The van der Waals surface area contributed by atoms with Crippen LogP contribution in [0.2, 0.25) is 0 Å². The van der Waals surface area contributed by atoms with E-state index in [1.54, 1.807) is 24.3 Å². The number of aromatic nitrogens is 1. The van der Waals surface area contributed by atoms with E-state index in [1.807, 2.05) is 17.5 Å². The number of hydrogen-bond acceptors (Lipinski definition) is 8. The van der Waals surface area contributed by atoms with Gasteiger partial charge in [0.1, 0.15) is 10.6 Å². The van der Waals surface area contributed by atoms with Crippen LogP contribution >= 0.6 is 22.9 Å². The first-order chi connectivity index (χ1) is 16.9. The van der Waals surface area contributed by atoms with Crippen LogP contribution in [0.3, 0.4) is 0 Å². The van der Waals surface area contributed by atoms with Crippen molar-refractivity contribution in [2.24, 2.45) is 5.73 Å². The number of hydrogen-bond donors (Lipinski definition) is 3. The normalized spacial score (nSPS) is 14.8. The van der Waals surface area contributed by atoms with Crippen LogP contribution in [0.25, 0.3) is 0 Å². The van der Waals surface area contributed by atoms with Crippen molar-refractivity contribution in [1.82, 2.24) is 9.69 Å². The summed E-state index contributed by atoms with van der Waals surface area (Å²) in [6.45, 7) is 0. The van der Waals surface area contributed by atoms with Gasteiger partial charge >= 0.3 is 0 Å². The van der Waals surface area contributed by atoms with Gasteiger partial charge in [0.25, 0.3) is 11.8 Å². The third kappa shape index (κ3) is 5.30. The van der Waals surface area contributed by atoms with Crippen molar-refractivity contribution in [2.45, 2.75) is 44.2 Å². The monoisotopic (exact) mass is 513 g/mol. The second-order valence-electron chi connectivity index (χ2n) is 8.28. The Morgan fingerprint density at radius 3 is 2.57 bits per heavy atom. The molecule has 1 aliphatic carbocycles. The molecule has 0 unspecified atom stereocenters. The van der Waals surface area contributed by atoms with Crippen molar-refractivity contribution >= 4 is 52.0 Å². The van der Waals surface area contributed by atoms with Crippen LogP contribution in [0, 0.1) is 0 Å². The number of methoxy groups -OCH3 is 1. The van der Waals surface area contributed by atoms with Gasteiger partial charge in [0, 0.05) is 22.7 Å². The third-order valence-electron chi connectivity index (χ3n) is 5.98. The van der Waals surface area contributed by atoms with Crippen LogP contribution in [0.4, 0.5) is 11.4 Å². The lowest BCUT2D eigenvalue weighted by Gasteiger charge is -2.32. The molecule has 0 bridgehead atoms. The summed E-state index contributed by atoms with van der Waals surface area (Å²) in [6, 6.07) is 9.64. The average molecular weight is 514 g/mol. The van der Waals surface area contributed by atoms with E-state index in [0.29, 0.717) is 16.3 Å². The zero-order valence-corrected chi connectivity index (χ0v) is 20.9. The van der Waals surface area contributed by atoms with Gasteiger partial charge in [-0.05, 0) is 48.0 Å². The van der Waals surface area contributed by atoms with E-state index in [1.165, 1.54) is 23.3 Å². The number of rotatable bonds is 8. The Morgan fingerprint density at radius 2 is 1.94 bits per heavy atom. The summed E-state index contributed by atoms with van der Waals surface area (Å²) >= 11 is 2.16. The Hall–Kier alpha value is -3.44. The molecular formula is C24H27N5O4S2. The molecule has 3 amide bonds. The van der Waals surface area contributed by atoms with Crippen LogP contribution in [0.1, 0.15) is 63.2 Å². The molecule has 184 valence electrons. The lowest BCUT2D eigenvalue weighted by atomic mass is 9.95. The van der Waals surface area contributed by atoms with Gasteiger partial charge in [-0.15, -0.1) is 11.3 Å². The zero-order valence-electron chi connectivity index (χ0n) is 19.2. The molecule has 5 N–H and O–H groups in total. The number of primary amides is 1. The molecule has 2 aromatic heterocycles. The van der Waals surface area contributed by atoms with E-state index in [0.717, 1.165) is 43.6 Å². The van der Waals surface area contributed by atoms with E-state index in [4.69, 9.17) is 16.2 Å². The number of anilines is 2. The molecule has 0 spiro atoms. The van der Waals surface area contributed by atoms with Gasteiger partial charge in [-0.2, -0.15) is 4.37 Å². The molecule has 0 aliphatic heterocycles. The van der Waals surface area contributed by atoms with Crippen molar-refractivity contribution < 1.29 is 19.1 Å². The first-order valence-electron chi connectivity index (χ1n) is 11.3. The summed E-state index contributed by atoms with van der Waals surface area (Å²) in [7, 11) is 1.53. The fourth-order valence-electron chi connectivity index (χ4n) is 4.23. The van der Waals surface area contributed by atoms with Crippen LogP contribution in [0.15, 0.2) is 41.8 Å². The minimum absolute atomic E-state index is 0.0358. The maximum atomic E-state index is 14.0. The molecule has 3 aromatic rings. The molecule has 11 heteroatoms. The first-order valence-corrected chi connectivity index (χ1v) is 12.9. The van der Waals surface area contributed by atoms with Crippen molar-refractivity contribution in [3.8, 4) is 5.75 Å². The number of ether oxygens (including phenoxy) is 1. The lowest BCUT2D eigenvalue weighted by molar-refractivity contribution is -0.123. The van der Waals surface area contributed by atoms with E-state index < -0.39 is 17.9 Å². The van der Waals surface area contributed by atoms with Crippen LogP contribution in [0.5, 0.6) is 5.75 Å². The van der Waals surface area contributed by atoms with Crippen molar-refractivity contribution in [3.63, 3.8) is 0 Å². The number of carbonyl (C=O) groups is 3. The third-order valence-corrected chi connectivity index (χ3v) is 7.75. The molecule has 1 aromatic carbocycles. The molecule has 9 nitrogen and oxygen atoms in total. The maximum absolute atomic E-state index is 14.0. The maximum Gasteiger partial charge on any atom is 0.273 e. The minimum Gasteiger partial charge on any atom is -0.497 e. The SMILES string of the molecule is COc1cccc(N(C(=O)c2snc(C(N)=O)c2N)[C@@H](C(=O)NC2CCCCC2)c2cccs2)c1.